The molecule has 2 N–H and O–H groups in total. The van der Waals surface area contributed by atoms with Gasteiger partial charge in [-0.05, 0) is 25.3 Å². The number of hydrogen-bond donors (Lipinski definition) is 1. The summed E-state index contributed by atoms with van der Waals surface area (Å²) in [6, 6.07) is 1.02. The lowest BCUT2D eigenvalue weighted by molar-refractivity contribution is -0.137. The molecule has 0 aliphatic carbocycles. The average Bonchev–Trinajstić information content (AvgIpc) is 2.37. The van der Waals surface area contributed by atoms with Gasteiger partial charge < -0.3 is 10.6 Å². The molecule has 0 aromatic carbocycles. The number of hydrogen-bond acceptors (Lipinski definition) is 3. The van der Waals surface area contributed by atoms with E-state index >= 15 is 0 Å². The van der Waals surface area contributed by atoms with Gasteiger partial charge in [-0.3, -0.25) is 0 Å². The predicted octanol–water partition coefficient (Wildman–Crippen LogP) is 3.07. The second-order valence-electron chi connectivity index (χ2n) is 4.61. The summed E-state index contributed by atoms with van der Waals surface area (Å²) in [5, 5.41) is 0.0233. The van der Waals surface area contributed by atoms with E-state index in [2.05, 4.69) is 4.98 Å². The highest BCUT2D eigenvalue weighted by Crippen LogP contribution is 2.35. The van der Waals surface area contributed by atoms with Gasteiger partial charge in [-0.1, -0.05) is 11.6 Å². The number of halogens is 4. The van der Waals surface area contributed by atoms with Gasteiger partial charge in [0.2, 0.25) is 0 Å². The van der Waals surface area contributed by atoms with Gasteiger partial charge in [0, 0.05) is 25.3 Å². The van der Waals surface area contributed by atoms with Crippen molar-refractivity contribution >= 4 is 17.4 Å². The first-order chi connectivity index (χ1) is 8.93. The van der Waals surface area contributed by atoms with Gasteiger partial charge >= 0.3 is 6.18 Å². The fourth-order valence-electron chi connectivity index (χ4n) is 2.32. The van der Waals surface area contributed by atoms with E-state index in [1.807, 2.05) is 4.90 Å². The van der Waals surface area contributed by atoms with Gasteiger partial charge in [0.15, 0.2) is 0 Å². The lowest BCUT2D eigenvalue weighted by atomic mass is 10.0. The summed E-state index contributed by atoms with van der Waals surface area (Å²) in [6.45, 7) is 1.17. The minimum absolute atomic E-state index is 0.0233. The van der Waals surface area contributed by atoms with Crippen molar-refractivity contribution in [1.82, 2.24) is 4.98 Å². The van der Waals surface area contributed by atoms with Crippen molar-refractivity contribution in [2.75, 3.05) is 18.0 Å². The van der Waals surface area contributed by atoms with Crippen LogP contribution < -0.4 is 10.6 Å². The van der Waals surface area contributed by atoms with Crippen molar-refractivity contribution < 1.29 is 13.2 Å². The second-order valence-corrected chi connectivity index (χ2v) is 5.01. The third-order valence-corrected chi connectivity index (χ3v) is 3.60. The molecule has 106 valence electrons. The topological polar surface area (TPSA) is 42.1 Å². The predicted molar refractivity (Wildman–Crippen MR) is 68.3 cm³/mol. The molecule has 1 saturated heterocycles. The van der Waals surface area contributed by atoms with E-state index in [1.54, 1.807) is 0 Å². The van der Waals surface area contributed by atoms with Crippen molar-refractivity contribution in [2.24, 2.45) is 5.73 Å². The van der Waals surface area contributed by atoms with Gasteiger partial charge in [0.05, 0.1) is 10.6 Å². The fourth-order valence-corrected chi connectivity index (χ4v) is 2.60. The molecule has 2 rings (SSSR count). The van der Waals surface area contributed by atoms with Crippen LogP contribution in [0, 0.1) is 0 Å². The lowest BCUT2D eigenvalue weighted by Crippen LogP contribution is -2.44. The lowest BCUT2D eigenvalue weighted by Gasteiger charge is -2.36. The Balaban J connectivity index is 2.30. The summed E-state index contributed by atoms with van der Waals surface area (Å²) >= 11 is 5.95. The zero-order valence-electron chi connectivity index (χ0n) is 10.3. The van der Waals surface area contributed by atoms with Crippen LogP contribution in [-0.2, 0) is 6.18 Å². The molecule has 1 atom stereocenters. The number of anilines is 1. The maximum absolute atomic E-state index is 12.6. The van der Waals surface area contributed by atoms with Gasteiger partial charge in [-0.25, -0.2) is 4.98 Å². The first kappa shape index (κ1) is 14.4. The van der Waals surface area contributed by atoms with Crippen molar-refractivity contribution in [3.05, 3.63) is 22.8 Å². The maximum Gasteiger partial charge on any atom is 0.417 e. The maximum atomic E-state index is 12.6. The first-order valence-electron chi connectivity index (χ1n) is 6.13. The van der Waals surface area contributed by atoms with Gasteiger partial charge in [-0.15, -0.1) is 0 Å². The van der Waals surface area contributed by atoms with E-state index in [0.717, 1.165) is 38.1 Å². The summed E-state index contributed by atoms with van der Waals surface area (Å²) < 4.78 is 37.7. The second kappa shape index (κ2) is 5.54. The number of nitrogens with zero attached hydrogens (tertiary/aromatic N) is 2. The summed E-state index contributed by atoms with van der Waals surface area (Å²) in [7, 11) is 0. The highest BCUT2D eigenvalue weighted by molar-refractivity contribution is 6.33. The van der Waals surface area contributed by atoms with Crippen LogP contribution in [0.25, 0.3) is 0 Å². The first-order valence-corrected chi connectivity index (χ1v) is 6.50. The standard InChI is InChI=1S/C12H15ClF3N3/c13-10-5-8(12(14,15)16)7-18-11(10)19-4-2-1-3-9(19)6-17/h5,7,9H,1-4,6,17H2/t9-/m1/s1. The minimum Gasteiger partial charge on any atom is -0.351 e. The molecule has 7 heteroatoms. The smallest absolute Gasteiger partial charge is 0.351 e. The number of alkyl halides is 3. The van der Waals surface area contributed by atoms with Crippen LogP contribution in [0.3, 0.4) is 0 Å². The fraction of sp³-hybridized carbons (Fsp3) is 0.583. The Morgan fingerprint density at radius 3 is 2.74 bits per heavy atom. The third-order valence-electron chi connectivity index (χ3n) is 3.32. The van der Waals surface area contributed by atoms with Crippen LogP contribution in [0.4, 0.5) is 19.0 Å². The molecule has 1 aliphatic heterocycles. The molecule has 0 bridgehead atoms. The Morgan fingerprint density at radius 1 is 1.42 bits per heavy atom. The Kier molecular flexibility index (Phi) is 4.20. The van der Waals surface area contributed by atoms with Crippen LogP contribution in [0.15, 0.2) is 12.3 Å². The molecule has 1 aliphatic rings. The van der Waals surface area contributed by atoms with Crippen LogP contribution in [0.2, 0.25) is 5.02 Å². The molecule has 0 saturated carbocycles. The summed E-state index contributed by atoms with van der Waals surface area (Å²) in [6.07, 6.45) is -0.657. The van der Waals surface area contributed by atoms with Crippen molar-refractivity contribution in [2.45, 2.75) is 31.5 Å². The summed E-state index contributed by atoms with van der Waals surface area (Å²) in [5.41, 5.74) is 4.86. The number of aromatic nitrogens is 1. The van der Waals surface area contributed by atoms with Crippen LogP contribution in [0.5, 0.6) is 0 Å². The quantitative estimate of drug-likeness (QED) is 0.911. The van der Waals surface area contributed by atoms with Crippen LogP contribution in [-0.4, -0.2) is 24.1 Å². The number of pyridine rings is 1. The zero-order valence-corrected chi connectivity index (χ0v) is 11.0. The van der Waals surface area contributed by atoms with Crippen LogP contribution in [0.1, 0.15) is 24.8 Å². The Labute approximate surface area is 114 Å². The molecule has 2 heterocycles. The molecule has 3 nitrogen and oxygen atoms in total. The van der Waals surface area contributed by atoms with E-state index in [1.165, 1.54) is 0 Å². The highest BCUT2D eigenvalue weighted by Gasteiger charge is 2.32. The average molecular weight is 294 g/mol. The van der Waals surface area contributed by atoms with Gasteiger partial charge in [0.1, 0.15) is 5.82 Å². The Bertz CT molecular complexity index is 450. The van der Waals surface area contributed by atoms with E-state index < -0.39 is 11.7 Å². The molecule has 1 aromatic heterocycles. The molecule has 1 fully saturated rings. The molecule has 19 heavy (non-hydrogen) atoms. The van der Waals surface area contributed by atoms with Crippen molar-refractivity contribution in [1.29, 1.82) is 0 Å². The van der Waals surface area contributed by atoms with Gasteiger partial charge in [-0.2, -0.15) is 13.2 Å². The highest BCUT2D eigenvalue weighted by atomic mass is 35.5. The van der Waals surface area contributed by atoms with Gasteiger partial charge in [0.25, 0.3) is 0 Å². The normalized spacial score (nSPS) is 20.7. The molecule has 0 radical (unpaired) electrons. The monoisotopic (exact) mass is 293 g/mol. The van der Waals surface area contributed by atoms with E-state index in [9.17, 15) is 13.2 Å². The zero-order chi connectivity index (χ0) is 14.0. The van der Waals surface area contributed by atoms with Crippen molar-refractivity contribution in [3.63, 3.8) is 0 Å². The third kappa shape index (κ3) is 3.12. The number of nitrogens with two attached hydrogens (primary N) is 1. The van der Waals surface area contributed by atoms with E-state index in [0.29, 0.717) is 12.4 Å². The van der Waals surface area contributed by atoms with E-state index in [4.69, 9.17) is 17.3 Å². The molecule has 0 amide bonds. The number of piperidine rings is 1. The number of rotatable bonds is 2. The largest absolute Gasteiger partial charge is 0.417 e. The Morgan fingerprint density at radius 2 is 2.16 bits per heavy atom. The molecular formula is C12H15ClF3N3. The summed E-state index contributed by atoms with van der Waals surface area (Å²) in [4.78, 5) is 5.79. The Hall–Kier alpha value is -1.01. The molecule has 1 aromatic rings. The molecule has 0 spiro atoms. The molecular weight excluding hydrogens is 279 g/mol. The van der Waals surface area contributed by atoms with E-state index in [-0.39, 0.29) is 11.1 Å². The van der Waals surface area contributed by atoms with Crippen molar-refractivity contribution in [3.8, 4) is 0 Å². The molecule has 0 unspecified atom stereocenters. The minimum atomic E-state index is -4.43. The summed E-state index contributed by atoms with van der Waals surface area (Å²) in [5.74, 6) is 0.393. The van der Waals surface area contributed by atoms with Crippen LogP contribution >= 0.6 is 11.6 Å². The SMILES string of the molecule is NC[C@H]1CCCCN1c1ncc(C(F)(F)F)cc1Cl.